The second-order valence-electron chi connectivity index (χ2n) is 5.49. The molecule has 0 unspecified atom stereocenters. The SMILES string of the molecule is CCc1ccc2nc(N3CC(C(=O)N(C)C)C3)sc2c1. The van der Waals surface area contributed by atoms with Crippen LogP contribution >= 0.6 is 11.3 Å². The lowest BCUT2D eigenvalue weighted by Crippen LogP contribution is -2.53. The van der Waals surface area contributed by atoms with Crippen molar-refractivity contribution in [1.29, 1.82) is 0 Å². The maximum atomic E-state index is 11.8. The number of thiazole rings is 1. The van der Waals surface area contributed by atoms with Gasteiger partial charge < -0.3 is 9.80 Å². The highest BCUT2D eigenvalue weighted by molar-refractivity contribution is 7.22. The molecule has 5 heteroatoms. The first-order valence-electron chi connectivity index (χ1n) is 6.94. The Balaban J connectivity index is 1.75. The average molecular weight is 289 g/mol. The Kier molecular flexibility index (Phi) is 3.38. The number of hydrogen-bond donors (Lipinski definition) is 0. The van der Waals surface area contributed by atoms with Crippen LogP contribution in [-0.2, 0) is 11.2 Å². The Morgan fingerprint density at radius 3 is 2.85 bits per heavy atom. The minimum Gasteiger partial charge on any atom is -0.348 e. The summed E-state index contributed by atoms with van der Waals surface area (Å²) in [6, 6.07) is 6.45. The molecule has 1 aromatic heterocycles. The molecule has 1 aromatic carbocycles. The third-order valence-corrected chi connectivity index (χ3v) is 4.87. The summed E-state index contributed by atoms with van der Waals surface area (Å²) in [4.78, 5) is 20.4. The number of carbonyl (C=O) groups is 1. The molecule has 4 nitrogen and oxygen atoms in total. The number of carbonyl (C=O) groups excluding carboxylic acids is 1. The van der Waals surface area contributed by atoms with E-state index >= 15 is 0 Å². The van der Waals surface area contributed by atoms with Gasteiger partial charge >= 0.3 is 0 Å². The summed E-state index contributed by atoms with van der Waals surface area (Å²) in [6.07, 6.45) is 1.05. The maximum absolute atomic E-state index is 11.8. The van der Waals surface area contributed by atoms with Crippen LogP contribution in [0, 0.1) is 5.92 Å². The first kappa shape index (κ1) is 13.4. The van der Waals surface area contributed by atoms with Crippen LogP contribution in [0.1, 0.15) is 12.5 Å². The molecule has 1 aliphatic heterocycles. The van der Waals surface area contributed by atoms with Gasteiger partial charge in [-0.1, -0.05) is 24.3 Å². The Morgan fingerprint density at radius 1 is 1.45 bits per heavy atom. The fraction of sp³-hybridized carbons (Fsp3) is 0.467. The highest BCUT2D eigenvalue weighted by Crippen LogP contribution is 2.33. The Morgan fingerprint density at radius 2 is 2.20 bits per heavy atom. The van der Waals surface area contributed by atoms with Crippen LogP contribution in [0.3, 0.4) is 0 Å². The molecule has 1 saturated heterocycles. The third-order valence-electron chi connectivity index (χ3n) is 3.79. The Labute approximate surface area is 123 Å². The molecule has 0 atom stereocenters. The van der Waals surface area contributed by atoms with Gasteiger partial charge in [-0.05, 0) is 24.1 Å². The highest BCUT2D eigenvalue weighted by atomic mass is 32.1. The van der Waals surface area contributed by atoms with E-state index in [2.05, 4.69) is 35.0 Å². The topological polar surface area (TPSA) is 36.4 Å². The molecule has 0 radical (unpaired) electrons. The van der Waals surface area contributed by atoms with E-state index in [0.29, 0.717) is 0 Å². The second-order valence-corrected chi connectivity index (χ2v) is 6.50. The molecule has 1 amide bonds. The van der Waals surface area contributed by atoms with Crippen molar-refractivity contribution in [1.82, 2.24) is 9.88 Å². The molecule has 0 bridgehead atoms. The molecule has 1 aliphatic rings. The number of nitrogens with zero attached hydrogens (tertiary/aromatic N) is 3. The number of rotatable bonds is 3. The van der Waals surface area contributed by atoms with Crippen LogP contribution < -0.4 is 4.90 Å². The van der Waals surface area contributed by atoms with Crippen molar-refractivity contribution in [3.8, 4) is 0 Å². The number of aryl methyl sites for hydroxylation is 1. The number of amides is 1. The van der Waals surface area contributed by atoms with Gasteiger partial charge in [-0.15, -0.1) is 0 Å². The molecule has 0 N–H and O–H groups in total. The van der Waals surface area contributed by atoms with E-state index in [1.807, 2.05) is 14.1 Å². The van der Waals surface area contributed by atoms with Crippen LogP contribution in [0.2, 0.25) is 0 Å². The summed E-state index contributed by atoms with van der Waals surface area (Å²) >= 11 is 1.72. The van der Waals surface area contributed by atoms with Crippen molar-refractivity contribution in [2.75, 3.05) is 32.1 Å². The summed E-state index contributed by atoms with van der Waals surface area (Å²) in [5, 5.41) is 1.04. The molecular formula is C15H19N3OS. The van der Waals surface area contributed by atoms with Crippen LogP contribution in [0.5, 0.6) is 0 Å². The Bertz CT molecular complexity index is 644. The van der Waals surface area contributed by atoms with E-state index in [1.165, 1.54) is 10.3 Å². The molecular weight excluding hydrogens is 270 g/mol. The lowest BCUT2D eigenvalue weighted by molar-refractivity contribution is -0.133. The summed E-state index contributed by atoms with van der Waals surface area (Å²) in [6.45, 7) is 3.74. The van der Waals surface area contributed by atoms with Gasteiger partial charge in [0.15, 0.2) is 5.13 Å². The predicted octanol–water partition coefficient (Wildman–Crippen LogP) is 2.38. The number of anilines is 1. The predicted molar refractivity (Wildman–Crippen MR) is 83.4 cm³/mol. The smallest absolute Gasteiger partial charge is 0.228 e. The number of benzene rings is 1. The zero-order valence-electron chi connectivity index (χ0n) is 12.1. The zero-order chi connectivity index (χ0) is 14.3. The molecule has 3 rings (SSSR count). The first-order chi connectivity index (χ1) is 9.58. The fourth-order valence-corrected chi connectivity index (χ4v) is 3.52. The van der Waals surface area contributed by atoms with Gasteiger partial charge in [0, 0.05) is 27.2 Å². The molecule has 0 aliphatic carbocycles. The van der Waals surface area contributed by atoms with Gasteiger partial charge in [0.1, 0.15) is 0 Å². The monoisotopic (exact) mass is 289 g/mol. The quantitative estimate of drug-likeness (QED) is 0.870. The molecule has 106 valence electrons. The lowest BCUT2D eigenvalue weighted by Gasteiger charge is -2.39. The molecule has 2 heterocycles. The summed E-state index contributed by atoms with van der Waals surface area (Å²) in [5.74, 6) is 0.346. The van der Waals surface area contributed by atoms with E-state index in [0.717, 1.165) is 30.2 Å². The maximum Gasteiger partial charge on any atom is 0.228 e. The number of aromatic nitrogens is 1. The van der Waals surface area contributed by atoms with Gasteiger partial charge in [0.05, 0.1) is 16.1 Å². The zero-order valence-corrected chi connectivity index (χ0v) is 12.9. The third kappa shape index (κ3) is 2.26. The summed E-state index contributed by atoms with van der Waals surface area (Å²) < 4.78 is 1.24. The average Bonchev–Trinajstić information content (AvgIpc) is 2.78. The van der Waals surface area contributed by atoms with Gasteiger partial charge in [-0.2, -0.15) is 0 Å². The normalized spacial score (nSPS) is 15.4. The van der Waals surface area contributed by atoms with Crippen LogP contribution in [0.15, 0.2) is 18.2 Å². The summed E-state index contributed by atoms with van der Waals surface area (Å²) in [5.41, 5.74) is 2.40. The van der Waals surface area contributed by atoms with Crippen LogP contribution in [0.4, 0.5) is 5.13 Å². The molecule has 20 heavy (non-hydrogen) atoms. The Hall–Kier alpha value is -1.62. The van der Waals surface area contributed by atoms with Crippen molar-refractivity contribution in [2.24, 2.45) is 5.92 Å². The second kappa shape index (κ2) is 5.05. The number of fused-ring (bicyclic) bond motifs is 1. The van der Waals surface area contributed by atoms with Gasteiger partial charge in [-0.25, -0.2) is 4.98 Å². The van der Waals surface area contributed by atoms with Crippen molar-refractivity contribution in [2.45, 2.75) is 13.3 Å². The van der Waals surface area contributed by atoms with Crippen LogP contribution in [-0.4, -0.2) is 43.0 Å². The van der Waals surface area contributed by atoms with Crippen LogP contribution in [0.25, 0.3) is 10.2 Å². The molecule has 0 spiro atoms. The molecule has 0 saturated carbocycles. The van der Waals surface area contributed by atoms with E-state index in [-0.39, 0.29) is 11.8 Å². The lowest BCUT2D eigenvalue weighted by atomic mass is 10.00. The van der Waals surface area contributed by atoms with E-state index < -0.39 is 0 Å². The number of hydrogen-bond acceptors (Lipinski definition) is 4. The highest BCUT2D eigenvalue weighted by Gasteiger charge is 2.35. The minimum absolute atomic E-state index is 0.128. The molecule has 2 aromatic rings. The van der Waals surface area contributed by atoms with Gasteiger partial charge in [-0.3, -0.25) is 4.79 Å². The standard InChI is InChI=1S/C15H19N3OS/c1-4-10-5-6-12-13(7-10)20-15(16-12)18-8-11(9-18)14(19)17(2)3/h5-7,11H,4,8-9H2,1-3H3. The molecule has 1 fully saturated rings. The van der Waals surface area contributed by atoms with E-state index in [9.17, 15) is 4.79 Å². The van der Waals surface area contributed by atoms with E-state index in [1.54, 1.807) is 16.2 Å². The largest absolute Gasteiger partial charge is 0.348 e. The summed E-state index contributed by atoms with van der Waals surface area (Å²) in [7, 11) is 3.63. The van der Waals surface area contributed by atoms with Crippen molar-refractivity contribution in [3.05, 3.63) is 23.8 Å². The fourth-order valence-electron chi connectivity index (χ4n) is 2.47. The van der Waals surface area contributed by atoms with Crippen molar-refractivity contribution in [3.63, 3.8) is 0 Å². The van der Waals surface area contributed by atoms with Crippen molar-refractivity contribution < 1.29 is 4.79 Å². The van der Waals surface area contributed by atoms with E-state index in [4.69, 9.17) is 0 Å². The first-order valence-corrected chi connectivity index (χ1v) is 7.75. The van der Waals surface area contributed by atoms with Gasteiger partial charge in [0.25, 0.3) is 0 Å². The van der Waals surface area contributed by atoms with Gasteiger partial charge in [0.2, 0.25) is 5.91 Å². The van der Waals surface area contributed by atoms with Crippen molar-refractivity contribution >= 4 is 32.6 Å². The minimum atomic E-state index is 0.128.